The molecule has 9 amide bonds. The van der Waals surface area contributed by atoms with Crippen LogP contribution in [-0.2, 0) is 61.1 Å². The molecule has 8 unspecified atom stereocenters. The Hall–Kier alpha value is -5.94. The highest BCUT2D eigenvalue weighted by molar-refractivity contribution is 7.98. The molecule has 0 spiro atoms. The maximum Gasteiger partial charge on any atom is 0.246 e. The number of halogens is 2. The first-order valence-electron chi connectivity index (χ1n) is 35.8. The number of carbonyl (C=O) groups excluding carboxylic acids is 9. The van der Waals surface area contributed by atoms with E-state index in [2.05, 4.69) is 63.9 Å². The lowest BCUT2D eigenvalue weighted by Crippen LogP contribution is -2.65. The Bertz CT molecular complexity index is 3040. The third-order valence-corrected chi connectivity index (χ3v) is 24.1. The van der Waals surface area contributed by atoms with Crippen molar-refractivity contribution in [1.29, 1.82) is 0 Å². The summed E-state index contributed by atoms with van der Waals surface area (Å²) in [5.41, 5.74) is 7.25. The third kappa shape index (κ3) is 19.5. The fourth-order valence-corrected chi connectivity index (χ4v) is 18.0. The van der Waals surface area contributed by atoms with E-state index in [1.54, 1.807) is 35.3 Å². The van der Waals surface area contributed by atoms with Gasteiger partial charge in [-0.3, -0.25) is 43.2 Å². The van der Waals surface area contributed by atoms with E-state index in [-0.39, 0.29) is 124 Å². The second-order valence-corrected chi connectivity index (χ2v) is 31.1. The Kier molecular flexibility index (Phi) is 26.5. The molecule has 4 saturated heterocycles. The van der Waals surface area contributed by atoms with Gasteiger partial charge in [-0.25, -0.2) is 13.8 Å². The number of amides is 9. The molecule has 0 radical (unpaired) electrons. The number of imidazole rings is 1. The van der Waals surface area contributed by atoms with Gasteiger partial charge in [-0.15, -0.1) is 0 Å². The largest absolute Gasteiger partial charge is 0.393 e. The van der Waals surface area contributed by atoms with E-state index in [1.165, 1.54) is 24.3 Å². The molecule has 13 N–H and O–H groups in total. The van der Waals surface area contributed by atoms with Gasteiger partial charge in [-0.1, -0.05) is 24.3 Å². The topological polar surface area (TPSA) is 343 Å². The van der Waals surface area contributed by atoms with Crippen LogP contribution >= 0.6 is 23.5 Å². The van der Waals surface area contributed by atoms with Gasteiger partial charge in [0.1, 0.15) is 60.2 Å². The molecular weight excluding hydrogens is 1290 g/mol. The number of aromatic amines is 1. The van der Waals surface area contributed by atoms with E-state index in [9.17, 15) is 29.1 Å². The molecule has 536 valence electrons. The van der Waals surface area contributed by atoms with Crippen LogP contribution in [0.5, 0.6) is 0 Å². The molecule has 8 aliphatic rings. The zero-order valence-corrected chi connectivity index (χ0v) is 57.9. The molecule has 2 bridgehead atoms. The predicted molar refractivity (Wildman–Crippen MR) is 365 cm³/mol. The monoisotopic (exact) mass is 1390 g/mol. The van der Waals surface area contributed by atoms with Gasteiger partial charge in [-0.2, -0.15) is 23.5 Å². The van der Waals surface area contributed by atoms with Crippen molar-refractivity contribution < 1.29 is 57.0 Å². The summed E-state index contributed by atoms with van der Waals surface area (Å²) in [4.78, 5) is 143. The van der Waals surface area contributed by atoms with Gasteiger partial charge in [0.05, 0.1) is 12.4 Å². The average Bonchev–Trinajstić information content (AvgIpc) is 1.79. The number of hydrogen-bond acceptors (Lipinski definition) is 16. The first-order valence-corrected chi connectivity index (χ1v) is 38.1. The number of H-pyrrole nitrogens is 1. The number of aromatic nitrogens is 2. The van der Waals surface area contributed by atoms with E-state index in [0.29, 0.717) is 132 Å². The molecule has 1 aromatic heterocycles. The molecule has 7 fully saturated rings. The fraction of sp³-hybridized carbons (Fsp3) is 0.739. The first kappa shape index (κ1) is 73.8. The zero-order chi connectivity index (χ0) is 68.8. The maximum atomic E-state index is 15.4. The first-order chi connectivity index (χ1) is 46.7. The summed E-state index contributed by atoms with van der Waals surface area (Å²) in [6.07, 6.45) is 8.01. The van der Waals surface area contributed by atoms with Crippen LogP contribution in [0.2, 0.25) is 0 Å². The van der Waals surface area contributed by atoms with Crippen LogP contribution in [0.1, 0.15) is 159 Å². The maximum absolute atomic E-state index is 15.4. The SMILES string of the molecule is C[C@H]1NC(=O)[C@H](CCCCN)NC(=O)CCSCc2cccc(c2)CSCCNC(=O)[C@]2(C)CCCN2C(=O)[C@H](CC2CCC(O)CC2)NC(=O)[C@H](Cc2cnc[nH]2)NC(=O)[C@@H]2CCN2C(=O)[C@H](CC2CNC3CCC(F)CC23)NC(=O)[C@H](CC2CNC3CCC(F)CC23)NC1=O. The second-order valence-electron chi connectivity index (χ2n) is 28.9. The van der Waals surface area contributed by atoms with Crippen molar-refractivity contribution in [2.45, 2.75) is 239 Å². The number of rotatable bonds is 12. The molecule has 97 heavy (non-hydrogen) atoms. The summed E-state index contributed by atoms with van der Waals surface area (Å²) in [5, 5.41) is 38.1. The van der Waals surface area contributed by atoms with E-state index >= 15 is 28.0 Å². The van der Waals surface area contributed by atoms with Gasteiger partial charge in [0.15, 0.2) is 0 Å². The van der Waals surface area contributed by atoms with Crippen LogP contribution in [-0.4, -0.2) is 207 Å². The van der Waals surface area contributed by atoms with Gasteiger partial charge in [0.2, 0.25) is 53.2 Å². The van der Waals surface area contributed by atoms with Crippen molar-refractivity contribution in [3.05, 3.63) is 53.6 Å². The van der Waals surface area contributed by atoms with Crippen LogP contribution in [0, 0.1) is 29.6 Å². The standard InChI is InChI=1S/C69H104F2N14O10S2/c1-40-61(88)80-55(29-44-34-75-52-16-12-46(70)31-50(44)52)63(90)83-58(30-45-35-76-53-17-13-47(71)32-51(45)53)66(93)84-24-18-59(84)65(92)81-56(33-48-36-73-39-77-48)64(91)82-57(28-41-10-14-49(86)15-11-41)67(94)85-23-6-20-69(85,2)68(95)74-22-26-97-38-43-8-5-7-42(27-43)37-96-25-19-60(87)79-54(62(89)78-40)9-3-4-21-72/h5,7-8,27,36,39-41,44-47,49-59,75-76,86H,3-4,6,9-26,28-35,37-38,72H2,1-2H3,(H,73,77)(H,74,95)(H,78,89)(H,79,87)(H,80,88)(H,81,92)(H,82,91)(H,83,90)/t40-,41?,44?,45?,46?,47?,49?,50?,51?,52?,53?,54+,55+,56+,57+,58+,59+,69+/m1/s1. The number of alkyl halides is 2. The molecular formula is C69H104F2N14O10S2. The Morgan fingerprint density at radius 2 is 1.29 bits per heavy atom. The van der Waals surface area contributed by atoms with Crippen LogP contribution in [0.3, 0.4) is 0 Å². The van der Waals surface area contributed by atoms with Crippen molar-refractivity contribution >= 4 is 76.7 Å². The normalized spacial score (nSPS) is 35.4. The summed E-state index contributed by atoms with van der Waals surface area (Å²) in [6, 6.07) is -0.220. The predicted octanol–water partition coefficient (Wildman–Crippen LogP) is 2.85. The smallest absolute Gasteiger partial charge is 0.246 e. The lowest BCUT2D eigenvalue weighted by atomic mass is 9.76. The number of thioether (sulfide) groups is 2. The van der Waals surface area contributed by atoms with Crippen LogP contribution in [0.25, 0.3) is 0 Å². The Morgan fingerprint density at radius 1 is 0.670 bits per heavy atom. The summed E-state index contributed by atoms with van der Waals surface area (Å²) in [6.45, 7) is 5.19. The van der Waals surface area contributed by atoms with Crippen molar-refractivity contribution in [1.82, 2.24) is 67.6 Å². The Labute approximate surface area is 576 Å². The highest BCUT2D eigenvalue weighted by Crippen LogP contribution is 2.41. The van der Waals surface area contributed by atoms with Crippen molar-refractivity contribution in [2.24, 2.45) is 35.3 Å². The van der Waals surface area contributed by atoms with E-state index < -0.39 is 108 Å². The molecule has 24 nitrogen and oxygen atoms in total. The van der Waals surface area contributed by atoms with Crippen LogP contribution in [0.15, 0.2) is 36.8 Å². The molecule has 6 heterocycles. The summed E-state index contributed by atoms with van der Waals surface area (Å²) < 4.78 is 30.5. The number of benzene rings is 1. The average molecular weight is 1390 g/mol. The highest BCUT2D eigenvalue weighted by atomic mass is 32.2. The fourth-order valence-electron chi connectivity index (χ4n) is 16.3. The number of nitrogens with two attached hydrogens (primary N) is 1. The van der Waals surface area contributed by atoms with Crippen LogP contribution in [0.4, 0.5) is 8.78 Å². The molecule has 28 heteroatoms. The quantitative estimate of drug-likeness (QED) is 0.136. The molecule has 3 aliphatic carbocycles. The minimum atomic E-state index is -1.31. The number of carbonyl (C=O) groups is 9. The highest BCUT2D eigenvalue weighted by Gasteiger charge is 2.50. The number of aliphatic hydroxyl groups is 1. The zero-order valence-electron chi connectivity index (χ0n) is 56.3. The van der Waals surface area contributed by atoms with Gasteiger partial charge in [0, 0.05) is 79.5 Å². The minimum Gasteiger partial charge on any atom is -0.393 e. The molecule has 16 atom stereocenters. The number of unbranched alkanes of at least 4 members (excludes halogenated alkanes) is 1. The lowest BCUT2D eigenvalue weighted by molar-refractivity contribution is -0.151. The molecule has 2 aromatic rings. The van der Waals surface area contributed by atoms with E-state index in [1.807, 2.05) is 18.2 Å². The van der Waals surface area contributed by atoms with E-state index in [0.717, 1.165) is 11.1 Å². The van der Waals surface area contributed by atoms with Gasteiger partial charge < -0.3 is 73.5 Å². The third-order valence-electron chi connectivity index (χ3n) is 22.0. The Morgan fingerprint density at radius 3 is 1.93 bits per heavy atom. The minimum absolute atomic E-state index is 0.00182. The van der Waals surface area contributed by atoms with Gasteiger partial charge >= 0.3 is 0 Å². The number of nitrogens with zero attached hydrogens (tertiary/aromatic N) is 3. The van der Waals surface area contributed by atoms with Gasteiger partial charge in [0.25, 0.3) is 0 Å². The molecule has 10 rings (SSSR count). The summed E-state index contributed by atoms with van der Waals surface area (Å²) in [7, 11) is 0. The van der Waals surface area contributed by atoms with Gasteiger partial charge in [-0.05, 0) is 196 Å². The van der Waals surface area contributed by atoms with Crippen LogP contribution < -0.4 is 53.6 Å². The number of nitrogens with one attached hydrogen (secondary N) is 10. The van der Waals surface area contributed by atoms with Crippen molar-refractivity contribution in [3.8, 4) is 0 Å². The lowest BCUT2D eigenvalue weighted by Gasteiger charge is -2.43. The number of fused-ring (bicyclic) bond motifs is 6. The summed E-state index contributed by atoms with van der Waals surface area (Å²) in [5.74, 6) is -3.64. The van der Waals surface area contributed by atoms with Crippen molar-refractivity contribution in [2.75, 3.05) is 50.8 Å². The van der Waals surface area contributed by atoms with E-state index in [4.69, 9.17) is 5.73 Å². The molecule has 5 aliphatic heterocycles. The number of aliphatic hydroxyl groups excluding tert-OH is 1. The molecule has 1 aromatic carbocycles. The second kappa shape index (κ2) is 34.9. The van der Waals surface area contributed by atoms with Crippen molar-refractivity contribution in [3.63, 3.8) is 0 Å². The summed E-state index contributed by atoms with van der Waals surface area (Å²) >= 11 is 3.22. The number of hydrogen-bond donors (Lipinski definition) is 12. The molecule has 3 saturated carbocycles. The Balaban J connectivity index is 0.934.